The average Bonchev–Trinajstić information content (AvgIpc) is 1.88. The van der Waals surface area contributed by atoms with Gasteiger partial charge in [-0.05, 0) is 12.8 Å². The highest BCUT2D eigenvalue weighted by atomic mass is 15.1. The minimum Gasteiger partial charge on any atom is -0.311 e. The topological polar surface area (TPSA) is 24.1 Å². The molecule has 0 saturated carbocycles. The molecule has 0 aromatic heterocycles. The number of piperazine rings is 1. The van der Waals surface area contributed by atoms with Gasteiger partial charge < -0.3 is 10.6 Å². The van der Waals surface area contributed by atoms with E-state index in [1.165, 1.54) is 0 Å². The summed E-state index contributed by atoms with van der Waals surface area (Å²) in [6.45, 7) is 8.97. The Labute approximate surface area is 63.4 Å². The minimum absolute atomic E-state index is 0.648. The standard InChI is InChI=1S/C8H18N2/c1-6(2)8-5-9-7(3)4-10-8/h6-10H,4-5H2,1-3H3/t7-,8?/m0/s1. The first-order valence-corrected chi connectivity index (χ1v) is 4.17. The van der Waals surface area contributed by atoms with Crippen LogP contribution in [0.3, 0.4) is 0 Å². The molecule has 1 aliphatic rings. The zero-order valence-corrected chi connectivity index (χ0v) is 7.15. The number of nitrogens with one attached hydrogen (secondary N) is 2. The van der Waals surface area contributed by atoms with Gasteiger partial charge in [-0.3, -0.25) is 0 Å². The molecule has 2 atom stereocenters. The molecule has 60 valence electrons. The van der Waals surface area contributed by atoms with E-state index < -0.39 is 0 Å². The van der Waals surface area contributed by atoms with Gasteiger partial charge >= 0.3 is 0 Å². The highest BCUT2D eigenvalue weighted by molar-refractivity contribution is 4.81. The molecule has 0 aromatic carbocycles. The predicted octanol–water partition coefficient (Wildman–Crippen LogP) is 0.592. The highest BCUT2D eigenvalue weighted by Crippen LogP contribution is 2.03. The molecule has 1 rings (SSSR count). The average molecular weight is 142 g/mol. The lowest BCUT2D eigenvalue weighted by molar-refractivity contribution is 0.303. The molecule has 0 radical (unpaired) electrons. The molecule has 1 saturated heterocycles. The zero-order chi connectivity index (χ0) is 7.56. The van der Waals surface area contributed by atoms with E-state index in [-0.39, 0.29) is 0 Å². The van der Waals surface area contributed by atoms with Gasteiger partial charge in [-0.1, -0.05) is 13.8 Å². The van der Waals surface area contributed by atoms with E-state index in [0.29, 0.717) is 12.1 Å². The maximum Gasteiger partial charge on any atom is 0.0216 e. The van der Waals surface area contributed by atoms with Crippen molar-refractivity contribution >= 4 is 0 Å². The third kappa shape index (κ3) is 1.96. The summed E-state index contributed by atoms with van der Waals surface area (Å²) >= 11 is 0. The fourth-order valence-electron chi connectivity index (χ4n) is 1.27. The van der Waals surface area contributed by atoms with Crippen molar-refractivity contribution in [2.45, 2.75) is 32.9 Å². The van der Waals surface area contributed by atoms with Gasteiger partial charge in [0.2, 0.25) is 0 Å². The molecule has 2 N–H and O–H groups in total. The number of hydrogen-bond acceptors (Lipinski definition) is 2. The second-order valence-electron chi connectivity index (χ2n) is 3.57. The van der Waals surface area contributed by atoms with Crippen LogP contribution in [0.15, 0.2) is 0 Å². The van der Waals surface area contributed by atoms with E-state index in [1.54, 1.807) is 0 Å². The van der Waals surface area contributed by atoms with E-state index in [4.69, 9.17) is 0 Å². The molecule has 1 heterocycles. The Morgan fingerprint density at radius 2 is 1.90 bits per heavy atom. The van der Waals surface area contributed by atoms with Gasteiger partial charge in [-0.15, -0.1) is 0 Å². The lowest BCUT2D eigenvalue weighted by Crippen LogP contribution is -2.54. The Morgan fingerprint density at radius 1 is 1.20 bits per heavy atom. The van der Waals surface area contributed by atoms with Crippen molar-refractivity contribution in [3.05, 3.63) is 0 Å². The molecule has 0 aliphatic carbocycles. The first-order chi connectivity index (χ1) is 4.70. The highest BCUT2D eigenvalue weighted by Gasteiger charge is 2.18. The molecule has 0 spiro atoms. The van der Waals surface area contributed by atoms with Gasteiger partial charge in [-0.2, -0.15) is 0 Å². The van der Waals surface area contributed by atoms with Crippen LogP contribution in [-0.2, 0) is 0 Å². The van der Waals surface area contributed by atoms with Crippen LogP contribution in [0, 0.1) is 5.92 Å². The van der Waals surface area contributed by atoms with Crippen molar-refractivity contribution < 1.29 is 0 Å². The molecule has 0 amide bonds. The van der Waals surface area contributed by atoms with Crippen molar-refractivity contribution in [1.82, 2.24) is 10.6 Å². The van der Waals surface area contributed by atoms with Crippen LogP contribution in [0.5, 0.6) is 0 Å². The summed E-state index contributed by atoms with van der Waals surface area (Å²) in [6, 6.07) is 1.33. The third-order valence-electron chi connectivity index (χ3n) is 2.18. The van der Waals surface area contributed by atoms with Crippen molar-refractivity contribution in [2.75, 3.05) is 13.1 Å². The second-order valence-corrected chi connectivity index (χ2v) is 3.57. The van der Waals surface area contributed by atoms with Gasteiger partial charge in [0.25, 0.3) is 0 Å². The van der Waals surface area contributed by atoms with Gasteiger partial charge in [0.15, 0.2) is 0 Å². The van der Waals surface area contributed by atoms with Gasteiger partial charge in [-0.25, -0.2) is 0 Å². The van der Waals surface area contributed by atoms with Crippen LogP contribution in [0.4, 0.5) is 0 Å². The normalized spacial score (nSPS) is 34.8. The number of rotatable bonds is 1. The van der Waals surface area contributed by atoms with Crippen molar-refractivity contribution in [1.29, 1.82) is 0 Å². The Balaban J connectivity index is 2.26. The minimum atomic E-state index is 0.648. The second kappa shape index (κ2) is 3.35. The van der Waals surface area contributed by atoms with E-state index in [9.17, 15) is 0 Å². The van der Waals surface area contributed by atoms with Crippen molar-refractivity contribution in [2.24, 2.45) is 5.92 Å². The first-order valence-electron chi connectivity index (χ1n) is 4.17. The summed E-state index contributed by atoms with van der Waals surface area (Å²) in [4.78, 5) is 0. The van der Waals surface area contributed by atoms with Gasteiger partial charge in [0.1, 0.15) is 0 Å². The fraction of sp³-hybridized carbons (Fsp3) is 1.00. The monoisotopic (exact) mass is 142 g/mol. The van der Waals surface area contributed by atoms with Crippen molar-refractivity contribution in [3.63, 3.8) is 0 Å². The van der Waals surface area contributed by atoms with Crippen LogP contribution < -0.4 is 10.6 Å². The van der Waals surface area contributed by atoms with Crippen LogP contribution >= 0.6 is 0 Å². The van der Waals surface area contributed by atoms with Crippen molar-refractivity contribution in [3.8, 4) is 0 Å². The lowest BCUT2D eigenvalue weighted by Gasteiger charge is -2.31. The zero-order valence-electron chi connectivity index (χ0n) is 7.15. The molecule has 0 bridgehead atoms. The predicted molar refractivity (Wildman–Crippen MR) is 44.1 cm³/mol. The molecule has 1 aliphatic heterocycles. The summed E-state index contributed by atoms with van der Waals surface area (Å²) in [5.41, 5.74) is 0. The molecule has 1 fully saturated rings. The first kappa shape index (κ1) is 8.02. The lowest BCUT2D eigenvalue weighted by atomic mass is 10.0. The molecular weight excluding hydrogens is 124 g/mol. The van der Waals surface area contributed by atoms with Gasteiger partial charge in [0.05, 0.1) is 0 Å². The smallest absolute Gasteiger partial charge is 0.0216 e. The van der Waals surface area contributed by atoms with E-state index in [2.05, 4.69) is 31.4 Å². The SMILES string of the molecule is CC(C)C1CN[C@@H](C)CN1. The van der Waals surface area contributed by atoms with Crippen LogP contribution in [0.2, 0.25) is 0 Å². The Bertz CT molecular complexity index is 93.4. The summed E-state index contributed by atoms with van der Waals surface area (Å²) in [5.74, 6) is 0.750. The van der Waals surface area contributed by atoms with E-state index in [0.717, 1.165) is 19.0 Å². The Kier molecular flexibility index (Phi) is 2.69. The Hall–Kier alpha value is -0.0800. The van der Waals surface area contributed by atoms with Crippen LogP contribution in [-0.4, -0.2) is 25.2 Å². The molecule has 0 aromatic rings. The maximum atomic E-state index is 3.51. The molecule has 10 heavy (non-hydrogen) atoms. The third-order valence-corrected chi connectivity index (χ3v) is 2.18. The Morgan fingerprint density at radius 3 is 2.30 bits per heavy atom. The van der Waals surface area contributed by atoms with Crippen LogP contribution in [0.1, 0.15) is 20.8 Å². The molecular formula is C8H18N2. The molecule has 2 heteroatoms. The largest absolute Gasteiger partial charge is 0.311 e. The van der Waals surface area contributed by atoms with E-state index in [1.807, 2.05) is 0 Å². The number of hydrogen-bond donors (Lipinski definition) is 2. The molecule has 2 nitrogen and oxygen atoms in total. The van der Waals surface area contributed by atoms with E-state index >= 15 is 0 Å². The van der Waals surface area contributed by atoms with Gasteiger partial charge in [0, 0.05) is 25.2 Å². The summed E-state index contributed by atoms with van der Waals surface area (Å²) in [6.07, 6.45) is 0. The summed E-state index contributed by atoms with van der Waals surface area (Å²) < 4.78 is 0. The summed E-state index contributed by atoms with van der Waals surface area (Å²) in [5, 5.41) is 6.96. The fourth-order valence-corrected chi connectivity index (χ4v) is 1.27. The maximum absolute atomic E-state index is 3.51. The molecule has 1 unspecified atom stereocenters. The summed E-state index contributed by atoms with van der Waals surface area (Å²) in [7, 11) is 0. The quantitative estimate of drug-likeness (QED) is 0.560. The van der Waals surface area contributed by atoms with Crippen LogP contribution in [0.25, 0.3) is 0 Å².